The van der Waals surface area contributed by atoms with E-state index in [1.165, 1.54) is 0 Å². The number of anilines is 1. The van der Waals surface area contributed by atoms with Crippen LogP contribution in [0.1, 0.15) is 11.1 Å². The predicted octanol–water partition coefficient (Wildman–Crippen LogP) is 1.96. The number of rotatable bonds is 3. The Morgan fingerprint density at radius 2 is 1.80 bits per heavy atom. The van der Waals surface area contributed by atoms with E-state index >= 15 is 0 Å². The molecule has 0 fully saturated rings. The molecule has 5 N–H and O–H groups in total. The van der Waals surface area contributed by atoms with Crippen LogP contribution in [-0.2, 0) is 11.4 Å². The lowest BCUT2D eigenvalue weighted by Crippen LogP contribution is -1.98. The molecule has 0 saturated heterocycles. The van der Waals surface area contributed by atoms with Crippen molar-refractivity contribution in [2.24, 2.45) is 5.73 Å². The summed E-state index contributed by atoms with van der Waals surface area (Å²) in [6, 6.07) is 13.3. The predicted molar refractivity (Wildman–Crippen MR) is 78.3 cm³/mol. The quantitative estimate of drug-likeness (QED) is 0.452. The average Bonchev–Trinajstić information content (AvgIpc) is 2.46. The third kappa shape index (κ3) is 4.20. The summed E-state index contributed by atoms with van der Waals surface area (Å²) in [5.41, 5.74) is 11.9. The topological polar surface area (TPSA) is 98.6 Å². The second kappa shape index (κ2) is 7.68. The maximum Gasteiger partial charge on any atom is 0.204 e. The number of carbonyl (C=O) groups excluding carboxylic acids is 1. The van der Waals surface area contributed by atoms with Crippen molar-refractivity contribution in [3.63, 3.8) is 0 Å². The standard InChI is InChI=1S/C14H15NO2.CH3NO/c1-10-13(8-7-12(15)14(10)16)17-9-11-5-3-2-4-6-11;2-1-3/h2-8,16H,9,15H2,1H3;1H,(H2,2,3). The first-order chi connectivity index (χ1) is 9.60. The summed E-state index contributed by atoms with van der Waals surface area (Å²) < 4.78 is 5.64. The highest BCUT2D eigenvalue weighted by Crippen LogP contribution is 2.32. The van der Waals surface area contributed by atoms with Crippen molar-refractivity contribution >= 4 is 12.1 Å². The summed E-state index contributed by atoms with van der Waals surface area (Å²) in [5, 5.41) is 9.68. The fourth-order valence-electron chi connectivity index (χ4n) is 1.59. The van der Waals surface area contributed by atoms with Crippen LogP contribution in [0.25, 0.3) is 0 Å². The van der Waals surface area contributed by atoms with Crippen molar-refractivity contribution in [3.05, 3.63) is 53.6 Å². The number of hydrogen-bond donors (Lipinski definition) is 3. The Labute approximate surface area is 117 Å². The molecule has 5 heteroatoms. The molecule has 0 spiro atoms. The molecule has 0 bridgehead atoms. The van der Waals surface area contributed by atoms with Crippen LogP contribution in [0.4, 0.5) is 5.69 Å². The van der Waals surface area contributed by atoms with E-state index in [9.17, 15) is 5.11 Å². The van der Waals surface area contributed by atoms with Crippen LogP contribution >= 0.6 is 0 Å². The van der Waals surface area contributed by atoms with E-state index in [0.717, 1.165) is 5.56 Å². The van der Waals surface area contributed by atoms with Gasteiger partial charge in [-0.1, -0.05) is 30.3 Å². The zero-order valence-corrected chi connectivity index (χ0v) is 11.2. The van der Waals surface area contributed by atoms with E-state index in [1.807, 2.05) is 30.3 Å². The fourth-order valence-corrected chi connectivity index (χ4v) is 1.59. The van der Waals surface area contributed by atoms with Crippen molar-refractivity contribution in [2.45, 2.75) is 13.5 Å². The minimum atomic E-state index is 0.0931. The van der Waals surface area contributed by atoms with Gasteiger partial charge in [-0.05, 0) is 24.6 Å². The van der Waals surface area contributed by atoms with Gasteiger partial charge >= 0.3 is 0 Å². The first kappa shape index (κ1) is 15.4. The molecule has 5 nitrogen and oxygen atoms in total. The van der Waals surface area contributed by atoms with Crippen LogP contribution in [0.5, 0.6) is 11.5 Å². The van der Waals surface area contributed by atoms with E-state index in [0.29, 0.717) is 23.6 Å². The smallest absolute Gasteiger partial charge is 0.204 e. The fraction of sp³-hybridized carbons (Fsp3) is 0.133. The molecule has 20 heavy (non-hydrogen) atoms. The van der Waals surface area contributed by atoms with Crippen LogP contribution < -0.4 is 16.2 Å². The van der Waals surface area contributed by atoms with Gasteiger partial charge in [-0.2, -0.15) is 0 Å². The van der Waals surface area contributed by atoms with E-state index in [1.54, 1.807) is 19.1 Å². The Morgan fingerprint density at radius 1 is 1.20 bits per heavy atom. The Bertz CT molecular complexity index is 557. The maximum atomic E-state index is 9.68. The number of ether oxygens (including phenoxy) is 1. The minimum absolute atomic E-state index is 0.0931. The molecule has 0 atom stereocenters. The third-order valence-electron chi connectivity index (χ3n) is 2.65. The van der Waals surface area contributed by atoms with Crippen LogP contribution in [-0.4, -0.2) is 11.5 Å². The van der Waals surface area contributed by atoms with Gasteiger partial charge in [-0.15, -0.1) is 0 Å². The SMILES string of the molecule is Cc1c(OCc2ccccc2)ccc(N)c1O.NC=O. The number of phenols is 1. The van der Waals surface area contributed by atoms with Crippen LogP contribution in [0, 0.1) is 6.92 Å². The lowest BCUT2D eigenvalue weighted by Gasteiger charge is -2.11. The zero-order chi connectivity index (χ0) is 15.0. The highest BCUT2D eigenvalue weighted by atomic mass is 16.5. The molecule has 0 aliphatic carbocycles. The van der Waals surface area contributed by atoms with Gasteiger partial charge in [-0.25, -0.2) is 0 Å². The molecule has 0 heterocycles. The number of primary amides is 1. The normalized spacial score (nSPS) is 9.25. The molecular weight excluding hydrogens is 256 g/mol. The minimum Gasteiger partial charge on any atom is -0.505 e. The molecule has 106 valence electrons. The number of carbonyl (C=O) groups is 1. The second-order valence-electron chi connectivity index (χ2n) is 4.04. The van der Waals surface area contributed by atoms with Crippen molar-refractivity contribution < 1.29 is 14.6 Å². The number of nitrogens with two attached hydrogens (primary N) is 2. The van der Waals surface area contributed by atoms with Gasteiger partial charge in [0.25, 0.3) is 0 Å². The average molecular weight is 274 g/mol. The summed E-state index contributed by atoms with van der Waals surface area (Å²) >= 11 is 0. The van der Waals surface area contributed by atoms with Gasteiger partial charge < -0.3 is 21.3 Å². The van der Waals surface area contributed by atoms with Crippen molar-refractivity contribution in [1.29, 1.82) is 0 Å². The molecular formula is C15H18N2O3. The Morgan fingerprint density at radius 3 is 2.40 bits per heavy atom. The molecule has 2 rings (SSSR count). The van der Waals surface area contributed by atoms with E-state index in [2.05, 4.69) is 5.73 Å². The van der Waals surface area contributed by atoms with E-state index in [4.69, 9.17) is 15.3 Å². The summed E-state index contributed by atoms with van der Waals surface area (Å²) in [6.07, 6.45) is 0.250. The Balaban J connectivity index is 0.000000612. The van der Waals surface area contributed by atoms with Gasteiger partial charge in [0, 0.05) is 5.56 Å². The molecule has 0 radical (unpaired) electrons. The number of hydrogen-bond acceptors (Lipinski definition) is 4. The third-order valence-corrected chi connectivity index (χ3v) is 2.65. The number of amides is 1. The molecule has 2 aromatic rings. The first-order valence-corrected chi connectivity index (χ1v) is 6.00. The van der Waals surface area contributed by atoms with Gasteiger partial charge in [0.2, 0.25) is 6.41 Å². The van der Waals surface area contributed by atoms with Gasteiger partial charge in [0.1, 0.15) is 18.1 Å². The second-order valence-corrected chi connectivity index (χ2v) is 4.04. The summed E-state index contributed by atoms with van der Waals surface area (Å²) in [7, 11) is 0. The lowest BCUT2D eigenvalue weighted by molar-refractivity contribution is -0.106. The Kier molecular flexibility index (Phi) is 5.90. The van der Waals surface area contributed by atoms with Crippen LogP contribution in [0.2, 0.25) is 0 Å². The molecule has 2 aromatic carbocycles. The number of nitrogen functional groups attached to an aromatic ring is 1. The summed E-state index contributed by atoms with van der Waals surface area (Å²) in [5.74, 6) is 0.746. The largest absolute Gasteiger partial charge is 0.505 e. The monoisotopic (exact) mass is 274 g/mol. The van der Waals surface area contributed by atoms with Crippen molar-refractivity contribution in [2.75, 3.05) is 5.73 Å². The lowest BCUT2D eigenvalue weighted by atomic mass is 10.1. The van der Waals surface area contributed by atoms with E-state index < -0.39 is 0 Å². The summed E-state index contributed by atoms with van der Waals surface area (Å²) in [6.45, 7) is 2.26. The number of benzene rings is 2. The van der Waals surface area contributed by atoms with E-state index in [-0.39, 0.29) is 12.2 Å². The molecule has 1 amide bonds. The summed E-state index contributed by atoms with van der Waals surface area (Å²) in [4.78, 5) is 8.58. The first-order valence-electron chi connectivity index (χ1n) is 6.00. The zero-order valence-electron chi connectivity index (χ0n) is 11.2. The maximum absolute atomic E-state index is 9.68. The number of aromatic hydroxyl groups is 1. The molecule has 0 unspecified atom stereocenters. The molecule has 0 aliphatic heterocycles. The highest BCUT2D eigenvalue weighted by Gasteiger charge is 2.07. The van der Waals surface area contributed by atoms with Crippen molar-refractivity contribution in [3.8, 4) is 11.5 Å². The molecule has 0 aromatic heterocycles. The highest BCUT2D eigenvalue weighted by molar-refractivity contribution is 5.60. The van der Waals surface area contributed by atoms with Crippen molar-refractivity contribution in [1.82, 2.24) is 0 Å². The molecule has 0 saturated carbocycles. The van der Waals surface area contributed by atoms with Crippen LogP contribution in [0.3, 0.4) is 0 Å². The van der Waals surface area contributed by atoms with Crippen LogP contribution in [0.15, 0.2) is 42.5 Å². The molecule has 0 aliphatic rings. The van der Waals surface area contributed by atoms with Gasteiger partial charge in [0.05, 0.1) is 5.69 Å². The van der Waals surface area contributed by atoms with Gasteiger partial charge in [-0.3, -0.25) is 4.79 Å². The van der Waals surface area contributed by atoms with Gasteiger partial charge in [0.15, 0.2) is 0 Å². The Hall–Kier alpha value is -2.69. The number of phenolic OH excluding ortho intramolecular Hbond substituents is 1.